The highest BCUT2D eigenvalue weighted by molar-refractivity contribution is 6.82. The maximum atomic E-state index is 6.52. The molecule has 9 heteroatoms. The molecule has 132 valence electrons. The highest BCUT2D eigenvalue weighted by Gasteiger charge is 2.44. The predicted octanol–water partition coefficient (Wildman–Crippen LogP) is 2.61. The van der Waals surface area contributed by atoms with Crippen molar-refractivity contribution in [3.63, 3.8) is 0 Å². The first-order valence-electron chi connectivity index (χ1n) is 8.87. The number of hydrogen-bond donors (Lipinski definition) is 0. The van der Waals surface area contributed by atoms with Crippen LogP contribution < -0.4 is 0 Å². The average Bonchev–Trinajstić information content (AvgIpc) is 2.53. The lowest BCUT2D eigenvalue weighted by molar-refractivity contribution is 0.136. The standard InChI is InChI=1S/C13H34O5Si4/c1-6-11-12-14-13-22(10-5)17-20(8-3)15-19(7-2)16-21(9-4)18-22/h19-21H,6-13H2,1-5H3. The Morgan fingerprint density at radius 2 is 1.36 bits per heavy atom. The lowest BCUT2D eigenvalue weighted by atomic mass is 10.4. The van der Waals surface area contributed by atoms with Gasteiger partial charge in [-0.15, -0.1) is 0 Å². The van der Waals surface area contributed by atoms with E-state index < -0.39 is 36.4 Å². The Morgan fingerprint density at radius 1 is 0.818 bits per heavy atom. The van der Waals surface area contributed by atoms with Crippen molar-refractivity contribution in [2.75, 3.05) is 12.8 Å². The van der Waals surface area contributed by atoms with Crippen LogP contribution in [0.3, 0.4) is 0 Å². The molecule has 0 aromatic rings. The third kappa shape index (κ3) is 6.65. The molecule has 5 nitrogen and oxygen atoms in total. The molecule has 1 heterocycles. The van der Waals surface area contributed by atoms with Gasteiger partial charge in [0, 0.05) is 6.61 Å². The zero-order chi connectivity index (χ0) is 16.4. The maximum absolute atomic E-state index is 6.52. The van der Waals surface area contributed by atoms with Crippen molar-refractivity contribution < 1.29 is 21.2 Å². The quantitative estimate of drug-likeness (QED) is 0.453. The second kappa shape index (κ2) is 11.3. The lowest BCUT2D eigenvalue weighted by Gasteiger charge is -2.40. The molecule has 1 aliphatic rings. The van der Waals surface area contributed by atoms with Gasteiger partial charge in [-0.05, 0) is 30.6 Å². The maximum Gasteiger partial charge on any atom is 0.346 e. The summed E-state index contributed by atoms with van der Waals surface area (Å²) in [6.45, 7) is 11.6. The Hall–Kier alpha value is 0.668. The van der Waals surface area contributed by atoms with Crippen molar-refractivity contribution >= 4 is 36.4 Å². The van der Waals surface area contributed by atoms with E-state index in [1.165, 1.54) is 0 Å². The summed E-state index contributed by atoms with van der Waals surface area (Å²) in [7, 11) is -7.27. The molecular weight excluding hydrogens is 348 g/mol. The molecule has 0 saturated carbocycles. The predicted molar refractivity (Wildman–Crippen MR) is 99.2 cm³/mol. The molecule has 0 bridgehead atoms. The Balaban J connectivity index is 2.77. The van der Waals surface area contributed by atoms with Crippen molar-refractivity contribution in [1.29, 1.82) is 0 Å². The Morgan fingerprint density at radius 3 is 1.77 bits per heavy atom. The third-order valence-corrected chi connectivity index (χ3v) is 17.9. The van der Waals surface area contributed by atoms with Crippen LogP contribution in [0.2, 0.25) is 24.2 Å². The van der Waals surface area contributed by atoms with Crippen LogP contribution >= 0.6 is 0 Å². The fourth-order valence-corrected chi connectivity index (χ4v) is 18.8. The number of rotatable bonds is 9. The first kappa shape index (κ1) is 20.7. The van der Waals surface area contributed by atoms with Crippen LogP contribution in [0.15, 0.2) is 0 Å². The van der Waals surface area contributed by atoms with Gasteiger partial charge < -0.3 is 21.2 Å². The monoisotopic (exact) mass is 382 g/mol. The van der Waals surface area contributed by atoms with Crippen LogP contribution in [0.5, 0.6) is 0 Å². The van der Waals surface area contributed by atoms with Crippen molar-refractivity contribution in [1.82, 2.24) is 0 Å². The van der Waals surface area contributed by atoms with Crippen LogP contribution in [-0.4, -0.2) is 49.2 Å². The third-order valence-electron chi connectivity index (χ3n) is 3.80. The van der Waals surface area contributed by atoms with E-state index in [-0.39, 0.29) is 0 Å². The molecule has 2 unspecified atom stereocenters. The minimum absolute atomic E-state index is 0.627. The Kier molecular flexibility index (Phi) is 10.6. The lowest BCUT2D eigenvalue weighted by Crippen LogP contribution is -2.58. The molecule has 0 N–H and O–H groups in total. The highest BCUT2D eigenvalue weighted by Crippen LogP contribution is 2.23. The van der Waals surface area contributed by atoms with Crippen molar-refractivity contribution in [2.24, 2.45) is 0 Å². The summed E-state index contributed by atoms with van der Waals surface area (Å²) in [5, 5.41) is 0. The van der Waals surface area contributed by atoms with E-state index in [2.05, 4.69) is 34.6 Å². The first-order chi connectivity index (χ1) is 10.6. The van der Waals surface area contributed by atoms with Gasteiger partial charge in [0.05, 0.1) is 6.23 Å². The summed E-state index contributed by atoms with van der Waals surface area (Å²) in [6, 6.07) is 3.85. The normalized spacial score (nSPS) is 33.4. The van der Waals surface area contributed by atoms with E-state index in [9.17, 15) is 0 Å². The molecule has 0 aromatic heterocycles. The molecule has 0 spiro atoms. The summed E-state index contributed by atoms with van der Waals surface area (Å²) in [5.74, 6) is 0. The molecule has 1 aliphatic heterocycles. The van der Waals surface area contributed by atoms with Gasteiger partial charge in [-0.1, -0.05) is 41.0 Å². The van der Waals surface area contributed by atoms with Crippen molar-refractivity contribution in [3.05, 3.63) is 0 Å². The number of unbranched alkanes of at least 4 members (excludes halogenated alkanes) is 1. The molecule has 1 rings (SSSR count). The number of ether oxygens (including phenoxy) is 1. The topological polar surface area (TPSA) is 46.2 Å². The molecule has 0 amide bonds. The van der Waals surface area contributed by atoms with Gasteiger partial charge in [0.25, 0.3) is 0 Å². The number of hydrogen-bond acceptors (Lipinski definition) is 5. The van der Waals surface area contributed by atoms with Crippen LogP contribution in [0, 0.1) is 0 Å². The van der Waals surface area contributed by atoms with E-state index in [1.54, 1.807) is 0 Å². The smallest absolute Gasteiger partial charge is 0.346 e. The highest BCUT2D eigenvalue weighted by atomic mass is 28.5. The SMILES string of the molecule is CCCCOC[Si]1(CC)O[SiH](CC)O[SiH](CC)O[SiH](CC)O1. The summed E-state index contributed by atoms with van der Waals surface area (Å²) in [5.41, 5.74) is 0. The van der Waals surface area contributed by atoms with E-state index in [4.69, 9.17) is 21.2 Å². The molecular formula is C13H34O5Si4. The molecule has 1 fully saturated rings. The zero-order valence-corrected chi connectivity index (χ0v) is 19.4. The van der Waals surface area contributed by atoms with E-state index in [1.807, 2.05) is 0 Å². The first-order valence-corrected chi connectivity index (χ1v) is 16.4. The second-order valence-electron chi connectivity index (χ2n) is 5.69. The van der Waals surface area contributed by atoms with Crippen molar-refractivity contribution in [3.8, 4) is 0 Å². The summed E-state index contributed by atoms with van der Waals surface area (Å²) in [4.78, 5) is 0. The van der Waals surface area contributed by atoms with Gasteiger partial charge in [-0.2, -0.15) is 0 Å². The average molecular weight is 383 g/mol. The fraction of sp³-hybridized carbons (Fsp3) is 1.00. The summed E-state index contributed by atoms with van der Waals surface area (Å²) >= 11 is 0. The van der Waals surface area contributed by atoms with Gasteiger partial charge in [0.2, 0.25) is 0 Å². The van der Waals surface area contributed by atoms with Crippen LogP contribution in [0.1, 0.15) is 47.5 Å². The summed E-state index contributed by atoms with van der Waals surface area (Å²) < 4.78 is 31.5. The molecule has 22 heavy (non-hydrogen) atoms. The summed E-state index contributed by atoms with van der Waals surface area (Å²) in [6.07, 6.45) is 2.87. The molecule has 0 aromatic carbocycles. The molecule has 1 saturated heterocycles. The van der Waals surface area contributed by atoms with Gasteiger partial charge >= 0.3 is 36.4 Å². The van der Waals surface area contributed by atoms with Gasteiger partial charge in [-0.3, -0.25) is 0 Å². The second-order valence-corrected chi connectivity index (χ2v) is 17.6. The van der Waals surface area contributed by atoms with Gasteiger partial charge in [-0.25, -0.2) is 0 Å². The van der Waals surface area contributed by atoms with E-state index >= 15 is 0 Å². The van der Waals surface area contributed by atoms with Crippen LogP contribution in [-0.2, 0) is 21.2 Å². The van der Waals surface area contributed by atoms with Gasteiger partial charge in [0.15, 0.2) is 0 Å². The minimum Gasteiger partial charge on any atom is -0.420 e. The Bertz CT molecular complexity index is 282. The largest absolute Gasteiger partial charge is 0.420 e. The molecule has 0 aliphatic carbocycles. The fourth-order valence-electron chi connectivity index (χ4n) is 2.30. The Labute approximate surface area is 142 Å². The zero-order valence-electron chi connectivity index (χ0n) is 14.9. The van der Waals surface area contributed by atoms with Crippen LogP contribution in [0.4, 0.5) is 0 Å². The van der Waals surface area contributed by atoms with Gasteiger partial charge in [0.1, 0.15) is 0 Å². The molecule has 2 atom stereocenters. The minimum atomic E-state index is -2.33. The van der Waals surface area contributed by atoms with Crippen molar-refractivity contribution in [2.45, 2.75) is 71.6 Å². The molecule has 0 radical (unpaired) electrons. The van der Waals surface area contributed by atoms with E-state index in [0.29, 0.717) is 6.23 Å². The van der Waals surface area contributed by atoms with Crippen LogP contribution in [0.25, 0.3) is 0 Å². The van der Waals surface area contributed by atoms with E-state index in [0.717, 1.165) is 43.6 Å².